The van der Waals surface area contributed by atoms with E-state index in [-0.39, 0.29) is 0 Å². The summed E-state index contributed by atoms with van der Waals surface area (Å²) in [7, 11) is 2.07. The van der Waals surface area contributed by atoms with Gasteiger partial charge in [0, 0.05) is 36.7 Å². The number of nitrogens with zero attached hydrogens (tertiary/aromatic N) is 3. The van der Waals surface area contributed by atoms with Gasteiger partial charge in [-0.2, -0.15) is 4.57 Å². The normalized spacial score (nSPS) is 11.1. The SMILES string of the molecule is Cc1cc[n+](I)c(-c2cc(/C=C/c3ccncc3)cc[n+]2C)c1. The first kappa shape index (κ1) is 15.8. The summed E-state index contributed by atoms with van der Waals surface area (Å²) in [6.07, 6.45) is 12.0. The van der Waals surface area contributed by atoms with E-state index in [1.165, 1.54) is 22.5 Å². The van der Waals surface area contributed by atoms with Crippen molar-refractivity contribution in [3.8, 4) is 11.4 Å². The van der Waals surface area contributed by atoms with Crippen LogP contribution < -0.4 is 7.35 Å². The van der Waals surface area contributed by atoms with Crippen molar-refractivity contribution in [3.05, 3.63) is 77.9 Å². The molecule has 114 valence electrons. The Kier molecular flexibility index (Phi) is 4.81. The van der Waals surface area contributed by atoms with Crippen LogP contribution in [0.15, 0.2) is 61.2 Å². The van der Waals surface area contributed by atoms with Crippen molar-refractivity contribution in [1.82, 2.24) is 4.98 Å². The number of hydrogen-bond acceptors (Lipinski definition) is 1. The van der Waals surface area contributed by atoms with Gasteiger partial charge >= 0.3 is 22.9 Å². The first-order valence-electron chi connectivity index (χ1n) is 7.40. The molecule has 0 aliphatic heterocycles. The number of pyridine rings is 3. The van der Waals surface area contributed by atoms with E-state index in [1.807, 2.05) is 24.5 Å². The van der Waals surface area contributed by atoms with Crippen molar-refractivity contribution in [2.75, 3.05) is 0 Å². The van der Waals surface area contributed by atoms with E-state index in [4.69, 9.17) is 0 Å². The zero-order valence-corrected chi connectivity index (χ0v) is 15.3. The molecule has 0 N–H and O–H groups in total. The van der Waals surface area contributed by atoms with Crippen molar-refractivity contribution in [3.63, 3.8) is 0 Å². The largest absolute Gasteiger partial charge is 0.354 e. The van der Waals surface area contributed by atoms with Crippen molar-refractivity contribution < 1.29 is 7.35 Å². The van der Waals surface area contributed by atoms with E-state index < -0.39 is 0 Å². The van der Waals surface area contributed by atoms with E-state index in [2.05, 4.69) is 98.0 Å². The third-order valence-corrected chi connectivity index (χ3v) is 4.51. The zero-order chi connectivity index (χ0) is 16.2. The molecule has 0 aliphatic rings. The quantitative estimate of drug-likeness (QED) is 0.474. The van der Waals surface area contributed by atoms with E-state index in [1.54, 1.807) is 0 Å². The Morgan fingerprint density at radius 3 is 2.43 bits per heavy atom. The fourth-order valence-corrected chi connectivity index (χ4v) is 2.93. The molecule has 3 nitrogen and oxygen atoms in total. The summed E-state index contributed by atoms with van der Waals surface area (Å²) in [6, 6.07) is 12.6. The lowest BCUT2D eigenvalue weighted by Crippen LogP contribution is -2.35. The molecule has 0 saturated heterocycles. The highest BCUT2D eigenvalue weighted by atomic mass is 127. The van der Waals surface area contributed by atoms with Gasteiger partial charge in [0.2, 0.25) is 0 Å². The Morgan fingerprint density at radius 2 is 1.65 bits per heavy atom. The first-order valence-corrected chi connectivity index (χ1v) is 8.36. The second kappa shape index (κ2) is 7.00. The lowest BCUT2D eigenvalue weighted by molar-refractivity contribution is -0.664. The lowest BCUT2D eigenvalue weighted by atomic mass is 10.1. The van der Waals surface area contributed by atoms with Gasteiger partial charge in [-0.25, -0.2) is 0 Å². The van der Waals surface area contributed by atoms with E-state index in [9.17, 15) is 0 Å². The van der Waals surface area contributed by atoms with Crippen LogP contribution in [0.1, 0.15) is 16.7 Å². The highest BCUT2D eigenvalue weighted by molar-refractivity contribution is 14.1. The molecular formula is C19H18IN3+2. The predicted molar refractivity (Wildman–Crippen MR) is 101 cm³/mol. The summed E-state index contributed by atoms with van der Waals surface area (Å²) in [5.74, 6) is 0. The van der Waals surface area contributed by atoms with Crippen molar-refractivity contribution in [2.24, 2.45) is 7.05 Å². The molecule has 4 heteroatoms. The molecule has 0 amide bonds. The van der Waals surface area contributed by atoms with Crippen LogP contribution in [-0.4, -0.2) is 4.98 Å². The summed E-state index contributed by atoms with van der Waals surface area (Å²) in [5, 5.41) is 0. The molecule has 0 aromatic carbocycles. The lowest BCUT2D eigenvalue weighted by Gasteiger charge is -2.00. The van der Waals surface area contributed by atoms with Crippen molar-refractivity contribution >= 4 is 35.0 Å². The fourth-order valence-electron chi connectivity index (χ4n) is 2.38. The van der Waals surface area contributed by atoms with Gasteiger partial charge in [-0.15, -0.1) is 2.78 Å². The van der Waals surface area contributed by atoms with Crippen molar-refractivity contribution in [1.29, 1.82) is 0 Å². The maximum Gasteiger partial charge on any atom is 0.354 e. The minimum absolute atomic E-state index is 1.15. The highest BCUT2D eigenvalue weighted by Gasteiger charge is 2.20. The molecule has 0 atom stereocenters. The van der Waals surface area contributed by atoms with Gasteiger partial charge in [0.15, 0.2) is 12.4 Å². The van der Waals surface area contributed by atoms with Gasteiger partial charge in [-0.1, -0.05) is 12.2 Å². The number of hydrogen-bond donors (Lipinski definition) is 0. The van der Waals surface area contributed by atoms with Crippen LogP contribution in [0.25, 0.3) is 23.5 Å². The maximum atomic E-state index is 4.04. The van der Waals surface area contributed by atoms with E-state index >= 15 is 0 Å². The molecule has 0 spiro atoms. The van der Waals surface area contributed by atoms with Gasteiger partial charge in [-0.3, -0.25) is 4.98 Å². The van der Waals surface area contributed by atoms with Crippen LogP contribution in [0.5, 0.6) is 0 Å². The first-order chi connectivity index (χ1) is 11.1. The Balaban J connectivity index is 2.00. The minimum Gasteiger partial charge on any atom is -0.265 e. The summed E-state index contributed by atoms with van der Waals surface area (Å²) in [5.41, 5.74) is 5.94. The van der Waals surface area contributed by atoms with Crippen LogP contribution in [0.4, 0.5) is 0 Å². The summed E-state index contributed by atoms with van der Waals surface area (Å²) in [6.45, 7) is 2.12. The van der Waals surface area contributed by atoms with Gasteiger partial charge in [0.1, 0.15) is 7.05 Å². The monoisotopic (exact) mass is 415 g/mol. The topological polar surface area (TPSA) is 20.6 Å². The second-order valence-corrected chi connectivity index (χ2v) is 6.51. The van der Waals surface area contributed by atoms with Crippen LogP contribution in [0, 0.1) is 6.92 Å². The molecule has 0 fully saturated rings. The molecule has 3 aromatic heterocycles. The predicted octanol–water partition coefficient (Wildman–Crippen LogP) is 3.54. The van der Waals surface area contributed by atoms with Gasteiger partial charge in [-0.05, 0) is 35.7 Å². The molecule has 0 saturated carbocycles. The van der Waals surface area contributed by atoms with Gasteiger partial charge in [0.05, 0.1) is 0 Å². The fraction of sp³-hybridized carbons (Fsp3) is 0.105. The molecule has 0 unspecified atom stereocenters. The number of aryl methyl sites for hydroxylation is 2. The molecular weight excluding hydrogens is 397 g/mol. The maximum absolute atomic E-state index is 4.04. The van der Waals surface area contributed by atoms with Gasteiger partial charge in [0.25, 0.3) is 11.4 Å². The Bertz CT molecular complexity index is 858. The molecule has 23 heavy (non-hydrogen) atoms. The number of aromatic nitrogens is 3. The zero-order valence-electron chi connectivity index (χ0n) is 13.1. The van der Waals surface area contributed by atoms with Crippen LogP contribution in [-0.2, 0) is 7.05 Å². The molecule has 0 radical (unpaired) electrons. The van der Waals surface area contributed by atoms with Crippen LogP contribution in [0.2, 0.25) is 0 Å². The molecule has 3 heterocycles. The second-order valence-electron chi connectivity index (χ2n) is 5.47. The molecule has 0 bridgehead atoms. The summed E-state index contributed by atoms with van der Waals surface area (Å²) < 4.78 is 4.27. The molecule has 3 aromatic rings. The van der Waals surface area contributed by atoms with Crippen molar-refractivity contribution in [2.45, 2.75) is 6.92 Å². The molecule has 0 aliphatic carbocycles. The Labute approximate surface area is 150 Å². The van der Waals surface area contributed by atoms with Gasteiger partial charge < -0.3 is 0 Å². The Hall–Kier alpha value is -2.08. The summed E-state index contributed by atoms with van der Waals surface area (Å²) >= 11 is 2.32. The number of halogens is 1. The molecule has 3 rings (SSSR count). The standard InChI is InChI=1S/C19H18IN3/c1-15-7-12-23(20)19(13-15)18-14-17(8-11-22(18)2)4-3-16-5-9-21-10-6-16/h3-14H,1-2H3/q+2/b4-3+. The third-order valence-electron chi connectivity index (χ3n) is 3.67. The Morgan fingerprint density at radius 1 is 0.913 bits per heavy atom. The summed E-state index contributed by atoms with van der Waals surface area (Å²) in [4.78, 5) is 4.04. The minimum atomic E-state index is 1.15. The highest BCUT2D eigenvalue weighted by Crippen LogP contribution is 2.16. The number of rotatable bonds is 3. The van der Waals surface area contributed by atoms with Crippen LogP contribution in [0.3, 0.4) is 0 Å². The van der Waals surface area contributed by atoms with E-state index in [0.29, 0.717) is 0 Å². The smallest absolute Gasteiger partial charge is 0.265 e. The van der Waals surface area contributed by atoms with E-state index in [0.717, 1.165) is 5.56 Å². The van der Waals surface area contributed by atoms with Crippen LogP contribution >= 0.6 is 22.9 Å². The average Bonchev–Trinajstić information content (AvgIpc) is 2.57. The average molecular weight is 415 g/mol. The third kappa shape index (κ3) is 3.82.